The van der Waals surface area contributed by atoms with Crippen LogP contribution < -0.4 is 5.32 Å². The molecule has 0 aromatic rings. The number of hydrogen-bond donors (Lipinski definition) is 3. The first-order valence-electron chi connectivity index (χ1n) is 28.1. The van der Waals surface area contributed by atoms with Gasteiger partial charge in [-0.25, -0.2) is 0 Å². The van der Waals surface area contributed by atoms with Crippen molar-refractivity contribution in [2.45, 2.75) is 315 Å². The molecule has 0 radical (unpaired) electrons. The zero-order valence-electron chi connectivity index (χ0n) is 42.3. The van der Waals surface area contributed by atoms with Crippen LogP contribution in [0.5, 0.6) is 0 Å². The van der Waals surface area contributed by atoms with E-state index in [9.17, 15) is 19.8 Å². The van der Waals surface area contributed by atoms with Crippen molar-refractivity contribution in [3.63, 3.8) is 0 Å². The Morgan fingerprint density at radius 2 is 0.810 bits per heavy atom. The zero-order valence-corrected chi connectivity index (χ0v) is 42.3. The maximum atomic E-state index is 12.4. The number of amides is 1. The molecule has 1 amide bonds. The summed E-state index contributed by atoms with van der Waals surface area (Å²) < 4.78 is 5.47. The number of hydrogen-bond acceptors (Lipinski definition) is 5. The van der Waals surface area contributed by atoms with Gasteiger partial charge < -0.3 is 20.3 Å². The summed E-state index contributed by atoms with van der Waals surface area (Å²) in [5, 5.41) is 23.2. The number of rotatable bonds is 52. The first kappa shape index (κ1) is 61.3. The summed E-state index contributed by atoms with van der Waals surface area (Å²) >= 11 is 0. The Bertz CT molecular complexity index is 982. The van der Waals surface area contributed by atoms with Gasteiger partial charge in [-0.1, -0.05) is 269 Å². The molecule has 0 aliphatic rings. The minimum Gasteiger partial charge on any atom is -0.466 e. The summed E-state index contributed by atoms with van der Waals surface area (Å²) in [4.78, 5) is 24.5. The molecule has 0 bridgehead atoms. The Labute approximate surface area is 392 Å². The van der Waals surface area contributed by atoms with E-state index >= 15 is 0 Å². The molecule has 0 aliphatic heterocycles. The normalized spacial score (nSPS) is 12.8. The summed E-state index contributed by atoms with van der Waals surface area (Å²) in [5.41, 5.74) is 0. The molecule has 372 valence electrons. The molecule has 0 rings (SSSR count). The Morgan fingerprint density at radius 3 is 1.24 bits per heavy atom. The second kappa shape index (κ2) is 53.0. The molecule has 2 unspecified atom stereocenters. The van der Waals surface area contributed by atoms with Gasteiger partial charge in [0.2, 0.25) is 5.91 Å². The molecule has 0 saturated heterocycles. The first-order valence-corrected chi connectivity index (χ1v) is 28.1. The predicted octanol–water partition coefficient (Wildman–Crippen LogP) is 17.1. The van der Waals surface area contributed by atoms with Gasteiger partial charge in [-0.2, -0.15) is 0 Å². The third-order valence-corrected chi connectivity index (χ3v) is 13.0. The summed E-state index contributed by atoms with van der Waals surface area (Å²) in [6.45, 7) is 4.91. The van der Waals surface area contributed by atoms with Crippen LogP contribution in [0.15, 0.2) is 24.3 Å². The minimum absolute atomic E-state index is 0.0128. The van der Waals surface area contributed by atoms with E-state index in [1.54, 1.807) is 0 Å². The van der Waals surface area contributed by atoms with E-state index in [1.165, 1.54) is 212 Å². The molecule has 3 N–H and O–H groups in total. The van der Waals surface area contributed by atoms with Crippen LogP contribution in [0.3, 0.4) is 0 Å². The van der Waals surface area contributed by atoms with Crippen LogP contribution in [0.2, 0.25) is 0 Å². The van der Waals surface area contributed by atoms with Crippen molar-refractivity contribution >= 4 is 11.9 Å². The van der Waals surface area contributed by atoms with Crippen molar-refractivity contribution < 1.29 is 24.5 Å². The Hall–Kier alpha value is -1.66. The third-order valence-electron chi connectivity index (χ3n) is 13.0. The van der Waals surface area contributed by atoms with Gasteiger partial charge in [-0.15, -0.1) is 0 Å². The number of allylic oxidation sites excluding steroid dienone is 4. The second-order valence-electron chi connectivity index (χ2n) is 19.3. The molecule has 2 atom stereocenters. The van der Waals surface area contributed by atoms with Gasteiger partial charge in [-0.05, 0) is 44.9 Å². The summed E-state index contributed by atoms with van der Waals surface area (Å²) in [6.07, 6.45) is 63.2. The van der Waals surface area contributed by atoms with Crippen molar-refractivity contribution in [1.82, 2.24) is 5.32 Å². The molecular formula is C57H109NO5. The SMILES string of the molecule is CCCCCCCCCCCCCCCCCCCC(=O)OCCCCCCCC/C=C\C/C=C\CCC(=O)NC(CO)C(O)CCCCCCCCCCCCCCCCCC. The molecular weight excluding hydrogens is 779 g/mol. The third kappa shape index (κ3) is 49.6. The number of carbonyl (C=O) groups is 2. The number of carbonyl (C=O) groups excluding carboxylic acids is 2. The first-order chi connectivity index (χ1) is 31.0. The van der Waals surface area contributed by atoms with E-state index in [4.69, 9.17) is 4.74 Å². The number of unbranched alkanes of at least 4 members (excludes halogenated alkanes) is 37. The standard InChI is InChI=1S/C57H109NO5/c1-3-5-7-9-11-13-15-17-19-21-23-27-31-35-39-43-47-51-57(62)63-52-48-44-40-36-32-28-24-26-30-34-38-42-46-50-56(61)58-54(53-59)55(60)49-45-41-37-33-29-25-22-20-18-16-14-12-10-8-6-4-2/h26,30,38,42,54-55,59-60H,3-25,27-29,31-37,39-41,43-53H2,1-2H3,(H,58,61)/b30-26-,42-38-. The van der Waals surface area contributed by atoms with Crippen LogP contribution in [0.25, 0.3) is 0 Å². The average molecular weight is 889 g/mol. The number of ether oxygens (including phenoxy) is 1. The molecule has 0 heterocycles. The number of esters is 1. The van der Waals surface area contributed by atoms with Crippen LogP contribution in [-0.2, 0) is 14.3 Å². The zero-order chi connectivity index (χ0) is 45.8. The van der Waals surface area contributed by atoms with Gasteiger partial charge in [-0.3, -0.25) is 9.59 Å². The van der Waals surface area contributed by atoms with E-state index < -0.39 is 12.1 Å². The van der Waals surface area contributed by atoms with E-state index in [-0.39, 0.29) is 18.5 Å². The lowest BCUT2D eigenvalue weighted by Crippen LogP contribution is -2.45. The van der Waals surface area contributed by atoms with Crippen molar-refractivity contribution in [3.05, 3.63) is 24.3 Å². The van der Waals surface area contributed by atoms with Gasteiger partial charge >= 0.3 is 5.97 Å². The van der Waals surface area contributed by atoms with E-state index in [0.29, 0.717) is 32.3 Å². The maximum Gasteiger partial charge on any atom is 0.305 e. The van der Waals surface area contributed by atoms with Gasteiger partial charge in [0, 0.05) is 12.8 Å². The van der Waals surface area contributed by atoms with Gasteiger partial charge in [0.1, 0.15) is 0 Å². The van der Waals surface area contributed by atoms with Crippen LogP contribution in [0.1, 0.15) is 303 Å². The van der Waals surface area contributed by atoms with E-state index in [2.05, 4.69) is 37.4 Å². The topological polar surface area (TPSA) is 95.9 Å². The minimum atomic E-state index is -0.698. The lowest BCUT2D eigenvalue weighted by molar-refractivity contribution is -0.143. The van der Waals surface area contributed by atoms with Crippen molar-refractivity contribution in [1.29, 1.82) is 0 Å². The summed E-state index contributed by atoms with van der Waals surface area (Å²) in [5.74, 6) is -0.127. The number of nitrogens with one attached hydrogen (secondary N) is 1. The van der Waals surface area contributed by atoms with Gasteiger partial charge in [0.15, 0.2) is 0 Å². The highest BCUT2D eigenvalue weighted by molar-refractivity contribution is 5.76. The Morgan fingerprint density at radius 1 is 0.444 bits per heavy atom. The highest BCUT2D eigenvalue weighted by atomic mass is 16.5. The second-order valence-corrected chi connectivity index (χ2v) is 19.3. The number of aliphatic hydroxyl groups excluding tert-OH is 2. The van der Waals surface area contributed by atoms with Crippen LogP contribution in [0.4, 0.5) is 0 Å². The molecule has 0 aliphatic carbocycles. The van der Waals surface area contributed by atoms with Crippen LogP contribution in [0, 0.1) is 0 Å². The molecule has 6 nitrogen and oxygen atoms in total. The highest BCUT2D eigenvalue weighted by Crippen LogP contribution is 2.17. The highest BCUT2D eigenvalue weighted by Gasteiger charge is 2.19. The Kier molecular flexibility index (Phi) is 51.6. The van der Waals surface area contributed by atoms with Gasteiger partial charge in [0.05, 0.1) is 25.4 Å². The number of aliphatic hydroxyl groups is 2. The molecule has 0 saturated carbocycles. The van der Waals surface area contributed by atoms with E-state index in [0.717, 1.165) is 51.4 Å². The van der Waals surface area contributed by atoms with Crippen molar-refractivity contribution in [2.75, 3.05) is 13.2 Å². The molecule has 0 spiro atoms. The van der Waals surface area contributed by atoms with E-state index in [1.807, 2.05) is 6.08 Å². The van der Waals surface area contributed by atoms with Crippen LogP contribution >= 0.6 is 0 Å². The molecule has 0 aromatic carbocycles. The fourth-order valence-corrected chi connectivity index (χ4v) is 8.69. The smallest absolute Gasteiger partial charge is 0.305 e. The molecule has 6 heteroatoms. The lowest BCUT2D eigenvalue weighted by Gasteiger charge is -2.22. The Balaban J connectivity index is 3.52. The van der Waals surface area contributed by atoms with Crippen molar-refractivity contribution in [3.8, 4) is 0 Å². The summed E-state index contributed by atoms with van der Waals surface area (Å²) in [6, 6.07) is -0.585. The summed E-state index contributed by atoms with van der Waals surface area (Å²) in [7, 11) is 0. The molecule has 0 aromatic heterocycles. The van der Waals surface area contributed by atoms with Gasteiger partial charge in [0.25, 0.3) is 0 Å². The fraction of sp³-hybridized carbons (Fsp3) is 0.895. The predicted molar refractivity (Wildman–Crippen MR) is 273 cm³/mol. The quantitative estimate of drug-likeness (QED) is 0.0321. The maximum absolute atomic E-state index is 12.4. The largest absolute Gasteiger partial charge is 0.466 e. The molecule has 0 fully saturated rings. The van der Waals surface area contributed by atoms with Crippen LogP contribution in [-0.4, -0.2) is 47.4 Å². The fourth-order valence-electron chi connectivity index (χ4n) is 8.69. The lowest BCUT2D eigenvalue weighted by atomic mass is 10.0. The average Bonchev–Trinajstić information content (AvgIpc) is 3.28. The monoisotopic (exact) mass is 888 g/mol. The molecule has 63 heavy (non-hydrogen) atoms. The van der Waals surface area contributed by atoms with Crippen molar-refractivity contribution in [2.24, 2.45) is 0 Å².